The molecule has 0 saturated carbocycles. The molecule has 1 aromatic heterocycles. The molecule has 1 aliphatic heterocycles. The Hall–Kier alpha value is -0.520. The minimum Gasteiger partial charge on any atom is -0.598 e. The third-order valence-corrected chi connectivity index (χ3v) is 4.95. The van der Waals surface area contributed by atoms with Crippen LogP contribution in [0.1, 0.15) is 45.3 Å². The number of hydrogen-bond acceptors (Lipinski definition) is 4. The van der Waals surface area contributed by atoms with Crippen molar-refractivity contribution in [2.45, 2.75) is 44.3 Å². The summed E-state index contributed by atoms with van der Waals surface area (Å²) in [5.74, 6) is 1.40. The lowest BCUT2D eigenvalue weighted by molar-refractivity contribution is 0.272. The molecule has 96 valence electrons. The highest BCUT2D eigenvalue weighted by atomic mass is 32.2. The zero-order chi connectivity index (χ0) is 12.5. The topological polar surface area (TPSA) is 52.3 Å². The molecule has 17 heavy (non-hydrogen) atoms. The maximum absolute atomic E-state index is 12.2. The van der Waals surface area contributed by atoms with Crippen molar-refractivity contribution < 1.29 is 9.08 Å². The van der Waals surface area contributed by atoms with Gasteiger partial charge in [0.1, 0.15) is 10.5 Å². The number of piperidine rings is 1. The fourth-order valence-electron chi connectivity index (χ4n) is 2.13. The fraction of sp³-hybridized carbons (Fsp3) is 0.750. The number of rotatable bonds is 2. The summed E-state index contributed by atoms with van der Waals surface area (Å²) >= 11 is -0.898. The number of nitrogens with zero attached hydrogens (tertiary/aromatic N) is 2. The van der Waals surface area contributed by atoms with Gasteiger partial charge in [-0.05, 0) is 33.6 Å². The molecule has 1 aromatic rings. The van der Waals surface area contributed by atoms with Crippen molar-refractivity contribution in [1.29, 1.82) is 0 Å². The minimum absolute atomic E-state index is 0.168. The molecule has 2 heterocycles. The van der Waals surface area contributed by atoms with Crippen LogP contribution in [0.2, 0.25) is 0 Å². The predicted molar refractivity (Wildman–Crippen MR) is 67.9 cm³/mol. The van der Waals surface area contributed by atoms with Gasteiger partial charge in [-0.15, -0.1) is 4.31 Å². The first-order valence-electron chi connectivity index (χ1n) is 6.06. The van der Waals surface area contributed by atoms with E-state index in [-0.39, 0.29) is 4.75 Å². The summed E-state index contributed by atoms with van der Waals surface area (Å²) in [5.41, 5.74) is 0. The maximum Gasteiger partial charge on any atom is 0.139 e. The van der Waals surface area contributed by atoms with Crippen LogP contribution in [0.4, 0.5) is 0 Å². The van der Waals surface area contributed by atoms with Gasteiger partial charge in [0.25, 0.3) is 0 Å². The van der Waals surface area contributed by atoms with E-state index in [0.717, 1.165) is 31.7 Å². The summed E-state index contributed by atoms with van der Waals surface area (Å²) in [6.07, 6.45) is 3.68. The highest BCUT2D eigenvalue weighted by Crippen LogP contribution is 2.31. The Morgan fingerprint density at radius 2 is 2.06 bits per heavy atom. The molecular weight excluding hydrogens is 236 g/mol. The molecule has 0 amide bonds. The van der Waals surface area contributed by atoms with E-state index in [4.69, 9.17) is 4.52 Å². The first kappa shape index (κ1) is 12.9. The third kappa shape index (κ3) is 3.03. The van der Waals surface area contributed by atoms with Crippen LogP contribution in [-0.2, 0) is 11.4 Å². The van der Waals surface area contributed by atoms with E-state index in [1.165, 1.54) is 0 Å². The third-order valence-electron chi connectivity index (χ3n) is 3.07. The van der Waals surface area contributed by atoms with Gasteiger partial charge in [-0.2, -0.15) is 0 Å². The zero-order valence-corrected chi connectivity index (χ0v) is 11.5. The summed E-state index contributed by atoms with van der Waals surface area (Å²) in [7, 11) is 0. The molecule has 1 atom stereocenters. The zero-order valence-electron chi connectivity index (χ0n) is 10.7. The molecule has 1 fully saturated rings. The largest absolute Gasteiger partial charge is 0.598 e. The van der Waals surface area contributed by atoms with Gasteiger partial charge in [-0.25, -0.2) is 0 Å². The van der Waals surface area contributed by atoms with Gasteiger partial charge < -0.3 is 9.08 Å². The van der Waals surface area contributed by atoms with E-state index in [1.54, 1.807) is 6.20 Å². The van der Waals surface area contributed by atoms with Crippen LogP contribution in [0, 0.1) is 0 Å². The van der Waals surface area contributed by atoms with E-state index >= 15 is 0 Å². The summed E-state index contributed by atoms with van der Waals surface area (Å²) in [5, 5.41) is 3.74. The van der Waals surface area contributed by atoms with E-state index in [0.29, 0.717) is 5.92 Å². The summed E-state index contributed by atoms with van der Waals surface area (Å²) in [6.45, 7) is 7.80. The number of hydrogen-bond donors (Lipinski definition) is 0. The first-order chi connectivity index (χ1) is 7.98. The van der Waals surface area contributed by atoms with Crippen molar-refractivity contribution in [2.75, 3.05) is 13.1 Å². The molecule has 1 unspecified atom stereocenters. The van der Waals surface area contributed by atoms with Crippen LogP contribution in [0.15, 0.2) is 16.8 Å². The minimum atomic E-state index is -0.898. The molecule has 1 aliphatic rings. The van der Waals surface area contributed by atoms with E-state index in [9.17, 15) is 4.55 Å². The Morgan fingerprint density at radius 1 is 1.41 bits per heavy atom. The standard InChI is InChI=1S/C12H20N2O2S/c1-12(2,3)17(15)14-8-5-10(6-9-14)11-4-7-13-16-11/h4,7,10H,5-6,8-9H2,1-3H3. The molecule has 5 heteroatoms. The van der Waals surface area contributed by atoms with Crippen molar-refractivity contribution in [1.82, 2.24) is 9.46 Å². The molecule has 0 aliphatic carbocycles. The van der Waals surface area contributed by atoms with Gasteiger partial charge in [-0.1, -0.05) is 5.16 Å². The summed E-state index contributed by atoms with van der Waals surface area (Å²) in [6, 6.07) is 1.93. The Labute approximate surface area is 106 Å². The highest BCUT2D eigenvalue weighted by Gasteiger charge is 2.36. The van der Waals surface area contributed by atoms with E-state index < -0.39 is 11.4 Å². The smallest absolute Gasteiger partial charge is 0.139 e. The van der Waals surface area contributed by atoms with Crippen molar-refractivity contribution in [3.63, 3.8) is 0 Å². The van der Waals surface area contributed by atoms with Gasteiger partial charge in [0.2, 0.25) is 0 Å². The van der Waals surface area contributed by atoms with Crippen molar-refractivity contribution in [2.24, 2.45) is 0 Å². The molecular formula is C12H20N2O2S. The normalized spacial score (nSPS) is 21.6. The van der Waals surface area contributed by atoms with Crippen LogP contribution < -0.4 is 0 Å². The van der Waals surface area contributed by atoms with Crippen LogP contribution >= 0.6 is 0 Å². The summed E-state index contributed by atoms with van der Waals surface area (Å²) < 4.78 is 19.3. The predicted octanol–water partition coefficient (Wildman–Crippen LogP) is 2.32. The lowest BCUT2D eigenvalue weighted by Gasteiger charge is -2.36. The van der Waals surface area contributed by atoms with Gasteiger partial charge in [0, 0.05) is 36.4 Å². The quantitative estimate of drug-likeness (QED) is 0.762. The SMILES string of the molecule is CC(C)(C)[S+]([O-])N1CCC(c2ccno2)CC1. The van der Waals surface area contributed by atoms with E-state index in [2.05, 4.69) is 9.46 Å². The fourth-order valence-corrected chi connectivity index (χ4v) is 3.45. The molecule has 4 nitrogen and oxygen atoms in total. The Balaban J connectivity index is 1.90. The van der Waals surface area contributed by atoms with Gasteiger partial charge in [-0.3, -0.25) is 0 Å². The highest BCUT2D eigenvalue weighted by molar-refractivity contribution is 7.90. The second-order valence-corrected chi connectivity index (χ2v) is 7.72. The maximum atomic E-state index is 12.2. The molecule has 1 saturated heterocycles. The monoisotopic (exact) mass is 256 g/mol. The molecule has 2 rings (SSSR count). The molecule has 0 N–H and O–H groups in total. The first-order valence-corrected chi connectivity index (χ1v) is 7.16. The second kappa shape index (κ2) is 5.00. The van der Waals surface area contributed by atoms with Crippen molar-refractivity contribution in [3.8, 4) is 0 Å². The summed E-state index contributed by atoms with van der Waals surface area (Å²) in [4.78, 5) is 0. The van der Waals surface area contributed by atoms with E-state index in [1.807, 2.05) is 26.8 Å². The lowest BCUT2D eigenvalue weighted by Crippen LogP contribution is -2.46. The molecule has 0 aromatic carbocycles. The van der Waals surface area contributed by atoms with Gasteiger partial charge >= 0.3 is 0 Å². The average molecular weight is 256 g/mol. The average Bonchev–Trinajstić information content (AvgIpc) is 2.80. The van der Waals surface area contributed by atoms with Crippen LogP contribution in [0.3, 0.4) is 0 Å². The Morgan fingerprint density at radius 3 is 2.53 bits per heavy atom. The Bertz CT molecular complexity index is 340. The van der Waals surface area contributed by atoms with Crippen LogP contribution in [0.25, 0.3) is 0 Å². The molecule has 0 spiro atoms. The molecule has 0 radical (unpaired) electrons. The van der Waals surface area contributed by atoms with Gasteiger partial charge in [0.05, 0.1) is 6.20 Å². The molecule has 0 bridgehead atoms. The van der Waals surface area contributed by atoms with Crippen molar-refractivity contribution in [3.05, 3.63) is 18.0 Å². The Kier molecular flexibility index (Phi) is 3.80. The van der Waals surface area contributed by atoms with Crippen molar-refractivity contribution >= 4 is 11.4 Å². The van der Waals surface area contributed by atoms with Crippen LogP contribution in [0.5, 0.6) is 0 Å². The number of aromatic nitrogens is 1. The van der Waals surface area contributed by atoms with Gasteiger partial charge in [0.15, 0.2) is 0 Å². The van der Waals surface area contributed by atoms with Crippen LogP contribution in [-0.4, -0.2) is 31.9 Å². The second-order valence-electron chi connectivity index (χ2n) is 5.48. The lowest BCUT2D eigenvalue weighted by atomic mass is 9.96.